The fraction of sp³-hybridized carbons (Fsp3) is 0. The monoisotopic (exact) mass is 292 g/mol. The van der Waals surface area contributed by atoms with Gasteiger partial charge in [0.05, 0.1) is 10.7 Å². The normalized spacial score (nSPS) is 10.6. The number of nitrogens with zero attached hydrogens (tertiary/aromatic N) is 1. The van der Waals surface area contributed by atoms with Gasteiger partial charge < -0.3 is 9.73 Å². The number of amides is 1. The quantitative estimate of drug-likeness (QED) is 0.885. The van der Waals surface area contributed by atoms with Crippen LogP contribution < -0.4 is 5.32 Å². The number of anilines is 1. The molecule has 0 radical (unpaired) electrons. The standard InChI is InChI=1S/C12H9BrN2O2/c13-10-4-1-7-14-12(10)15-11(16)6-5-9-3-2-8-17-9/h1-8H,(H,14,15,16). The van der Waals surface area contributed by atoms with Crippen LogP contribution in [0.3, 0.4) is 0 Å². The van der Waals surface area contributed by atoms with Gasteiger partial charge >= 0.3 is 0 Å². The van der Waals surface area contributed by atoms with E-state index in [1.54, 1.807) is 42.8 Å². The molecule has 0 saturated heterocycles. The van der Waals surface area contributed by atoms with Gasteiger partial charge in [-0.1, -0.05) is 0 Å². The Labute approximate surface area is 106 Å². The van der Waals surface area contributed by atoms with Crippen LogP contribution in [-0.2, 0) is 4.79 Å². The van der Waals surface area contributed by atoms with E-state index in [9.17, 15) is 4.79 Å². The van der Waals surface area contributed by atoms with Gasteiger partial charge in [-0.05, 0) is 46.3 Å². The molecule has 1 N–H and O–H groups in total. The number of nitrogens with one attached hydrogen (secondary N) is 1. The molecule has 17 heavy (non-hydrogen) atoms. The fourth-order valence-electron chi connectivity index (χ4n) is 1.18. The fourth-order valence-corrected chi connectivity index (χ4v) is 1.53. The summed E-state index contributed by atoms with van der Waals surface area (Å²) in [6.07, 6.45) is 6.13. The molecule has 0 atom stereocenters. The van der Waals surface area contributed by atoms with Crippen LogP contribution in [0, 0.1) is 0 Å². The highest BCUT2D eigenvalue weighted by molar-refractivity contribution is 9.10. The zero-order chi connectivity index (χ0) is 12.1. The molecule has 2 aromatic rings. The molecule has 5 heteroatoms. The first-order chi connectivity index (χ1) is 8.25. The van der Waals surface area contributed by atoms with Crippen molar-refractivity contribution in [3.05, 3.63) is 53.0 Å². The van der Waals surface area contributed by atoms with Gasteiger partial charge in [-0.2, -0.15) is 0 Å². The van der Waals surface area contributed by atoms with Gasteiger partial charge in [0, 0.05) is 12.3 Å². The highest BCUT2D eigenvalue weighted by atomic mass is 79.9. The maximum Gasteiger partial charge on any atom is 0.249 e. The minimum Gasteiger partial charge on any atom is -0.465 e. The van der Waals surface area contributed by atoms with Crippen molar-refractivity contribution >= 4 is 33.7 Å². The number of rotatable bonds is 3. The largest absolute Gasteiger partial charge is 0.465 e. The van der Waals surface area contributed by atoms with Crippen LogP contribution in [-0.4, -0.2) is 10.9 Å². The number of carbonyl (C=O) groups is 1. The van der Waals surface area contributed by atoms with E-state index in [2.05, 4.69) is 26.2 Å². The second-order valence-corrected chi connectivity index (χ2v) is 4.03. The van der Waals surface area contributed by atoms with E-state index in [0.29, 0.717) is 11.6 Å². The topological polar surface area (TPSA) is 55.1 Å². The Bertz CT molecular complexity index is 535. The summed E-state index contributed by atoms with van der Waals surface area (Å²) in [5.41, 5.74) is 0. The molecule has 86 valence electrons. The lowest BCUT2D eigenvalue weighted by molar-refractivity contribution is -0.111. The molecular weight excluding hydrogens is 284 g/mol. The molecule has 0 aromatic carbocycles. The van der Waals surface area contributed by atoms with Crippen LogP contribution in [0.2, 0.25) is 0 Å². The van der Waals surface area contributed by atoms with Gasteiger partial charge in [0.15, 0.2) is 0 Å². The van der Waals surface area contributed by atoms with E-state index in [0.717, 1.165) is 4.47 Å². The van der Waals surface area contributed by atoms with Crippen molar-refractivity contribution in [3.63, 3.8) is 0 Å². The molecule has 0 unspecified atom stereocenters. The van der Waals surface area contributed by atoms with Crippen LogP contribution in [0.4, 0.5) is 5.82 Å². The minimum atomic E-state index is -0.263. The lowest BCUT2D eigenvalue weighted by Gasteiger charge is -2.02. The van der Waals surface area contributed by atoms with E-state index < -0.39 is 0 Å². The number of hydrogen-bond donors (Lipinski definition) is 1. The SMILES string of the molecule is O=C(C=Cc1ccco1)Nc1ncccc1Br. The first kappa shape index (κ1) is 11.6. The molecule has 4 nitrogen and oxygen atoms in total. The minimum absolute atomic E-state index is 0.263. The van der Waals surface area contributed by atoms with Crippen molar-refractivity contribution in [1.29, 1.82) is 0 Å². The number of hydrogen-bond acceptors (Lipinski definition) is 3. The molecule has 2 aromatic heterocycles. The molecule has 0 aliphatic carbocycles. The second-order valence-electron chi connectivity index (χ2n) is 3.17. The van der Waals surface area contributed by atoms with Gasteiger partial charge in [-0.15, -0.1) is 0 Å². The Balaban J connectivity index is 2.01. The van der Waals surface area contributed by atoms with Crippen molar-refractivity contribution in [2.75, 3.05) is 5.32 Å². The summed E-state index contributed by atoms with van der Waals surface area (Å²) >= 11 is 3.29. The van der Waals surface area contributed by atoms with Crippen molar-refractivity contribution < 1.29 is 9.21 Å². The van der Waals surface area contributed by atoms with E-state index in [1.165, 1.54) is 6.08 Å². The lowest BCUT2D eigenvalue weighted by atomic mass is 10.4. The molecule has 0 saturated carbocycles. The van der Waals surface area contributed by atoms with Crippen LogP contribution in [0.5, 0.6) is 0 Å². The molecule has 0 aliphatic heterocycles. The molecule has 0 spiro atoms. The van der Waals surface area contributed by atoms with Gasteiger partial charge in [0.25, 0.3) is 0 Å². The van der Waals surface area contributed by atoms with Crippen LogP contribution in [0.15, 0.2) is 51.7 Å². The molecule has 1 amide bonds. The summed E-state index contributed by atoms with van der Waals surface area (Å²) in [7, 11) is 0. The Morgan fingerprint density at radius 1 is 1.41 bits per heavy atom. The third-order valence-electron chi connectivity index (χ3n) is 1.94. The highest BCUT2D eigenvalue weighted by Gasteiger charge is 2.02. The summed E-state index contributed by atoms with van der Waals surface area (Å²) in [5, 5.41) is 2.65. The molecule has 0 aliphatic rings. The van der Waals surface area contributed by atoms with Gasteiger partial charge in [0.1, 0.15) is 11.6 Å². The molecule has 0 fully saturated rings. The van der Waals surface area contributed by atoms with Crippen LogP contribution >= 0.6 is 15.9 Å². The van der Waals surface area contributed by atoms with Crippen molar-refractivity contribution in [1.82, 2.24) is 4.98 Å². The zero-order valence-electron chi connectivity index (χ0n) is 8.76. The average molecular weight is 293 g/mol. The average Bonchev–Trinajstić information content (AvgIpc) is 2.82. The zero-order valence-corrected chi connectivity index (χ0v) is 10.3. The van der Waals surface area contributed by atoms with Crippen LogP contribution in [0.25, 0.3) is 6.08 Å². The van der Waals surface area contributed by atoms with Crippen LogP contribution in [0.1, 0.15) is 5.76 Å². The first-order valence-electron chi connectivity index (χ1n) is 4.89. The van der Waals surface area contributed by atoms with E-state index >= 15 is 0 Å². The molecular formula is C12H9BrN2O2. The summed E-state index contributed by atoms with van der Waals surface area (Å²) in [6.45, 7) is 0. The lowest BCUT2D eigenvalue weighted by Crippen LogP contribution is -2.09. The van der Waals surface area contributed by atoms with Gasteiger partial charge in [0.2, 0.25) is 5.91 Å². The number of carbonyl (C=O) groups excluding carboxylic acids is 1. The van der Waals surface area contributed by atoms with Crippen molar-refractivity contribution in [3.8, 4) is 0 Å². The van der Waals surface area contributed by atoms with Crippen molar-refractivity contribution in [2.45, 2.75) is 0 Å². The summed E-state index contributed by atoms with van der Waals surface area (Å²) in [5.74, 6) is 0.850. The van der Waals surface area contributed by atoms with Gasteiger partial charge in [-0.25, -0.2) is 4.98 Å². The third kappa shape index (κ3) is 3.29. The summed E-state index contributed by atoms with van der Waals surface area (Å²) in [6, 6.07) is 7.10. The Morgan fingerprint density at radius 3 is 3.00 bits per heavy atom. The number of furan rings is 1. The Morgan fingerprint density at radius 2 is 2.29 bits per heavy atom. The summed E-state index contributed by atoms with van der Waals surface area (Å²) < 4.78 is 5.80. The second kappa shape index (κ2) is 5.45. The number of aromatic nitrogens is 1. The number of pyridine rings is 1. The smallest absolute Gasteiger partial charge is 0.249 e. The highest BCUT2D eigenvalue weighted by Crippen LogP contribution is 2.18. The molecule has 0 bridgehead atoms. The predicted molar refractivity (Wildman–Crippen MR) is 68.3 cm³/mol. The van der Waals surface area contributed by atoms with E-state index in [-0.39, 0.29) is 5.91 Å². The Kier molecular flexibility index (Phi) is 3.72. The first-order valence-corrected chi connectivity index (χ1v) is 5.68. The van der Waals surface area contributed by atoms with Crippen molar-refractivity contribution in [2.24, 2.45) is 0 Å². The third-order valence-corrected chi connectivity index (χ3v) is 2.58. The van der Waals surface area contributed by atoms with E-state index in [1.807, 2.05) is 0 Å². The molecule has 2 rings (SSSR count). The maximum atomic E-state index is 11.6. The van der Waals surface area contributed by atoms with Gasteiger partial charge in [-0.3, -0.25) is 4.79 Å². The number of halogens is 1. The Hall–Kier alpha value is -1.88. The predicted octanol–water partition coefficient (Wildman–Crippen LogP) is 3.09. The maximum absolute atomic E-state index is 11.6. The van der Waals surface area contributed by atoms with E-state index in [4.69, 9.17) is 4.42 Å². The molecule has 2 heterocycles. The summed E-state index contributed by atoms with van der Waals surface area (Å²) in [4.78, 5) is 15.6.